The number of ether oxygens (including phenoxy) is 1. The van der Waals surface area contributed by atoms with E-state index < -0.39 is 0 Å². The average Bonchev–Trinajstić information content (AvgIpc) is 3.02. The Balaban J connectivity index is 1.46. The van der Waals surface area contributed by atoms with E-state index in [-0.39, 0.29) is 5.91 Å². The van der Waals surface area contributed by atoms with Gasteiger partial charge in [-0.05, 0) is 56.4 Å². The van der Waals surface area contributed by atoms with Crippen LogP contribution in [-0.2, 0) is 4.79 Å². The summed E-state index contributed by atoms with van der Waals surface area (Å²) in [5, 5.41) is 3.55. The first-order valence-electron chi connectivity index (χ1n) is 8.67. The molecule has 1 aromatic heterocycles. The number of aryl methyl sites for hydroxylation is 1. The van der Waals surface area contributed by atoms with E-state index in [1.807, 2.05) is 25.1 Å². The lowest BCUT2D eigenvalue weighted by Gasteiger charge is -2.03. The van der Waals surface area contributed by atoms with E-state index in [9.17, 15) is 4.79 Å². The average molecular weight is 387 g/mol. The van der Waals surface area contributed by atoms with Crippen LogP contribution in [0.5, 0.6) is 5.75 Å². The van der Waals surface area contributed by atoms with Gasteiger partial charge in [0.2, 0.25) is 5.91 Å². The lowest BCUT2D eigenvalue weighted by Crippen LogP contribution is -2.11. The van der Waals surface area contributed by atoms with Gasteiger partial charge in [0.1, 0.15) is 5.75 Å². The maximum Gasteiger partial charge on any atom is 0.226 e. The zero-order valence-corrected chi connectivity index (χ0v) is 16.6. The lowest BCUT2D eigenvalue weighted by molar-refractivity contribution is -0.116. The third kappa shape index (κ3) is 5.22. The van der Waals surface area contributed by atoms with Gasteiger partial charge in [0.15, 0.2) is 5.13 Å². The molecule has 4 nitrogen and oxygen atoms in total. The Hall–Kier alpha value is -2.05. The highest BCUT2D eigenvalue weighted by Crippen LogP contribution is 2.29. The quantitative estimate of drug-likeness (QED) is 0.409. The van der Waals surface area contributed by atoms with Gasteiger partial charge in [-0.3, -0.25) is 4.79 Å². The van der Waals surface area contributed by atoms with Crippen LogP contribution in [-0.4, -0.2) is 23.3 Å². The Morgan fingerprint density at radius 2 is 2.04 bits per heavy atom. The smallest absolute Gasteiger partial charge is 0.226 e. The van der Waals surface area contributed by atoms with Gasteiger partial charge >= 0.3 is 0 Å². The van der Waals surface area contributed by atoms with Crippen LogP contribution in [0.2, 0.25) is 0 Å². The van der Waals surface area contributed by atoms with Crippen LogP contribution in [0.3, 0.4) is 0 Å². The molecule has 1 heterocycles. The monoisotopic (exact) mass is 386 g/mol. The largest absolute Gasteiger partial charge is 0.494 e. The first kappa shape index (κ1) is 18.7. The Labute approximate surface area is 162 Å². The molecule has 0 atom stereocenters. The summed E-state index contributed by atoms with van der Waals surface area (Å²) in [6, 6.07) is 14.3. The molecular weight excluding hydrogens is 364 g/mol. The molecule has 0 unspecified atom stereocenters. The van der Waals surface area contributed by atoms with Crippen molar-refractivity contribution >= 4 is 44.4 Å². The molecule has 3 aromatic rings. The van der Waals surface area contributed by atoms with Gasteiger partial charge in [-0.15, -0.1) is 11.8 Å². The number of nitrogens with one attached hydrogen (secondary N) is 1. The summed E-state index contributed by atoms with van der Waals surface area (Å²) < 4.78 is 6.52. The van der Waals surface area contributed by atoms with E-state index >= 15 is 0 Å². The highest BCUT2D eigenvalue weighted by molar-refractivity contribution is 7.99. The normalized spacial score (nSPS) is 10.8. The van der Waals surface area contributed by atoms with Crippen LogP contribution in [0, 0.1) is 6.92 Å². The van der Waals surface area contributed by atoms with Crippen molar-refractivity contribution in [2.45, 2.75) is 31.6 Å². The van der Waals surface area contributed by atoms with Crippen LogP contribution in [0.4, 0.5) is 5.13 Å². The van der Waals surface area contributed by atoms with Crippen molar-refractivity contribution in [3.63, 3.8) is 0 Å². The van der Waals surface area contributed by atoms with Crippen molar-refractivity contribution in [3.8, 4) is 5.75 Å². The predicted octanol–water partition coefficient (Wildman–Crippen LogP) is 5.51. The standard InChI is InChI=1S/C20H22N2O2S2/c1-3-24-15-8-11-17-18(13-15)26-20(21-17)22-19(23)5-4-12-25-16-9-6-14(2)7-10-16/h6-11,13H,3-5,12H2,1-2H3,(H,21,22,23). The molecular formula is C20H22N2O2S2. The van der Waals surface area contributed by atoms with Crippen molar-refractivity contribution in [1.82, 2.24) is 4.98 Å². The number of nitrogens with zero attached hydrogens (tertiary/aromatic N) is 1. The molecule has 26 heavy (non-hydrogen) atoms. The van der Waals surface area contributed by atoms with E-state index in [4.69, 9.17) is 4.74 Å². The molecule has 6 heteroatoms. The van der Waals surface area contributed by atoms with E-state index in [1.165, 1.54) is 21.8 Å². The van der Waals surface area contributed by atoms with Gasteiger partial charge < -0.3 is 10.1 Å². The third-order valence-corrected chi connectivity index (χ3v) is 5.79. The van der Waals surface area contributed by atoms with Gasteiger partial charge in [-0.25, -0.2) is 4.98 Å². The van der Waals surface area contributed by atoms with E-state index in [0.717, 1.165) is 28.1 Å². The maximum absolute atomic E-state index is 12.1. The first-order valence-corrected chi connectivity index (χ1v) is 10.5. The molecule has 0 fully saturated rings. The molecule has 1 N–H and O–H groups in total. The highest BCUT2D eigenvalue weighted by Gasteiger charge is 2.09. The topological polar surface area (TPSA) is 51.2 Å². The van der Waals surface area contributed by atoms with Crippen LogP contribution >= 0.6 is 23.1 Å². The Morgan fingerprint density at radius 1 is 1.23 bits per heavy atom. The second-order valence-electron chi connectivity index (χ2n) is 5.89. The molecule has 0 radical (unpaired) electrons. The van der Waals surface area contributed by atoms with Gasteiger partial charge in [-0.1, -0.05) is 29.0 Å². The Bertz CT molecular complexity index is 875. The number of amides is 1. The van der Waals surface area contributed by atoms with Crippen LogP contribution in [0.1, 0.15) is 25.3 Å². The second-order valence-corrected chi connectivity index (χ2v) is 8.09. The van der Waals surface area contributed by atoms with Gasteiger partial charge in [0, 0.05) is 11.3 Å². The minimum atomic E-state index is 0.0126. The second kappa shape index (κ2) is 9.05. The number of thiazole rings is 1. The number of carbonyl (C=O) groups is 1. The number of rotatable bonds is 8. The molecule has 0 spiro atoms. The number of hydrogen-bond donors (Lipinski definition) is 1. The molecule has 0 aliphatic carbocycles. The lowest BCUT2D eigenvalue weighted by atomic mass is 10.2. The molecule has 1 amide bonds. The van der Waals surface area contributed by atoms with Crippen LogP contribution in [0.15, 0.2) is 47.4 Å². The molecule has 2 aromatic carbocycles. The molecule has 3 rings (SSSR count). The van der Waals surface area contributed by atoms with E-state index in [2.05, 4.69) is 41.5 Å². The fraction of sp³-hybridized carbons (Fsp3) is 0.300. The van der Waals surface area contributed by atoms with Crippen LogP contribution in [0.25, 0.3) is 10.2 Å². The summed E-state index contributed by atoms with van der Waals surface area (Å²) in [5.74, 6) is 1.77. The van der Waals surface area contributed by atoms with Crippen molar-refractivity contribution in [2.75, 3.05) is 17.7 Å². The summed E-state index contributed by atoms with van der Waals surface area (Å²) in [4.78, 5) is 17.8. The van der Waals surface area contributed by atoms with Crippen molar-refractivity contribution < 1.29 is 9.53 Å². The summed E-state index contributed by atoms with van der Waals surface area (Å²) in [6.45, 7) is 4.67. The molecule has 0 saturated carbocycles. The van der Waals surface area contributed by atoms with Gasteiger partial charge in [-0.2, -0.15) is 0 Å². The number of fused-ring (bicyclic) bond motifs is 1. The molecule has 136 valence electrons. The van der Waals surface area contributed by atoms with Crippen molar-refractivity contribution in [2.24, 2.45) is 0 Å². The number of carbonyl (C=O) groups excluding carboxylic acids is 1. The Kier molecular flexibility index (Phi) is 6.52. The molecule has 0 aliphatic rings. The molecule has 0 bridgehead atoms. The first-order chi connectivity index (χ1) is 12.6. The summed E-state index contributed by atoms with van der Waals surface area (Å²) in [5.41, 5.74) is 2.14. The number of thioether (sulfide) groups is 1. The van der Waals surface area contributed by atoms with Crippen molar-refractivity contribution in [1.29, 1.82) is 0 Å². The summed E-state index contributed by atoms with van der Waals surface area (Å²) >= 11 is 3.26. The summed E-state index contributed by atoms with van der Waals surface area (Å²) in [6.07, 6.45) is 1.34. The maximum atomic E-state index is 12.1. The third-order valence-electron chi connectivity index (χ3n) is 3.76. The zero-order chi connectivity index (χ0) is 18.4. The van der Waals surface area contributed by atoms with Gasteiger partial charge in [0.25, 0.3) is 0 Å². The molecule has 0 aliphatic heterocycles. The fourth-order valence-electron chi connectivity index (χ4n) is 2.45. The number of benzene rings is 2. The Morgan fingerprint density at radius 3 is 2.81 bits per heavy atom. The summed E-state index contributed by atoms with van der Waals surface area (Å²) in [7, 11) is 0. The molecule has 0 saturated heterocycles. The fourth-order valence-corrected chi connectivity index (χ4v) is 4.22. The van der Waals surface area contributed by atoms with E-state index in [1.54, 1.807) is 11.8 Å². The zero-order valence-electron chi connectivity index (χ0n) is 15.0. The minimum Gasteiger partial charge on any atom is -0.494 e. The predicted molar refractivity (Wildman–Crippen MR) is 111 cm³/mol. The number of hydrogen-bond acceptors (Lipinski definition) is 5. The number of anilines is 1. The van der Waals surface area contributed by atoms with Crippen LogP contribution < -0.4 is 10.1 Å². The van der Waals surface area contributed by atoms with Crippen molar-refractivity contribution in [3.05, 3.63) is 48.0 Å². The number of aromatic nitrogens is 1. The highest BCUT2D eigenvalue weighted by atomic mass is 32.2. The van der Waals surface area contributed by atoms with E-state index in [0.29, 0.717) is 18.2 Å². The SMILES string of the molecule is CCOc1ccc2nc(NC(=O)CCCSc3ccc(C)cc3)sc2c1. The minimum absolute atomic E-state index is 0.0126. The van der Waals surface area contributed by atoms with Gasteiger partial charge in [0.05, 0.1) is 16.8 Å².